The minimum atomic E-state index is -0.748. The summed E-state index contributed by atoms with van der Waals surface area (Å²) in [5.74, 6) is -0.748. The Morgan fingerprint density at radius 1 is 1.14 bits per heavy atom. The van der Waals surface area contributed by atoms with E-state index in [2.05, 4.69) is 39.1 Å². The topological polar surface area (TPSA) is 53.1 Å². The van der Waals surface area contributed by atoms with Crippen LogP contribution in [0, 0.1) is 0 Å². The molecule has 0 aliphatic rings. The Morgan fingerprint density at radius 3 is 2.64 bits per heavy atom. The molecule has 0 aliphatic heterocycles. The fraction of sp³-hybridized carbons (Fsp3) is 0.167. The van der Waals surface area contributed by atoms with Crippen molar-refractivity contribution in [2.45, 2.75) is 19.3 Å². The van der Waals surface area contributed by atoms with E-state index in [9.17, 15) is 4.79 Å². The number of aryl methyl sites for hydroxylation is 1. The van der Waals surface area contributed by atoms with Crippen LogP contribution in [0.1, 0.15) is 18.4 Å². The summed E-state index contributed by atoms with van der Waals surface area (Å²) in [7, 11) is 0. The summed E-state index contributed by atoms with van der Waals surface area (Å²) in [6.07, 6.45) is 1.57. The molecule has 0 amide bonds. The number of carbonyl (C=O) groups is 1. The molecule has 4 heteroatoms. The van der Waals surface area contributed by atoms with Gasteiger partial charge >= 0.3 is 5.97 Å². The molecule has 3 rings (SSSR count). The van der Waals surface area contributed by atoms with Crippen LogP contribution in [0.5, 0.6) is 0 Å². The van der Waals surface area contributed by atoms with E-state index in [4.69, 9.17) is 5.11 Å². The van der Waals surface area contributed by atoms with Crippen molar-refractivity contribution < 1.29 is 9.90 Å². The van der Waals surface area contributed by atoms with Crippen molar-refractivity contribution in [1.29, 1.82) is 0 Å². The number of carboxylic acids is 1. The zero-order valence-electron chi connectivity index (χ0n) is 12.0. The van der Waals surface area contributed by atoms with Crippen LogP contribution in [0.3, 0.4) is 0 Å². The van der Waals surface area contributed by atoms with Gasteiger partial charge in [0.05, 0.1) is 0 Å². The third-order valence-corrected chi connectivity index (χ3v) is 4.24. The SMILES string of the molecule is O=C(O)CCCc1c(-c2ccccc2)[nH]c2ccc(Br)cc12. The number of H-pyrrole nitrogens is 1. The maximum Gasteiger partial charge on any atom is 0.303 e. The zero-order valence-corrected chi connectivity index (χ0v) is 13.6. The molecule has 0 atom stereocenters. The molecule has 0 fully saturated rings. The van der Waals surface area contributed by atoms with Gasteiger partial charge in [-0.05, 0) is 42.2 Å². The second kappa shape index (κ2) is 6.36. The summed E-state index contributed by atoms with van der Waals surface area (Å²) < 4.78 is 1.03. The van der Waals surface area contributed by atoms with Gasteiger partial charge in [-0.3, -0.25) is 4.79 Å². The number of aromatic nitrogens is 1. The highest BCUT2D eigenvalue weighted by atomic mass is 79.9. The van der Waals surface area contributed by atoms with E-state index in [0.29, 0.717) is 6.42 Å². The number of benzene rings is 2. The van der Waals surface area contributed by atoms with Gasteiger partial charge in [-0.15, -0.1) is 0 Å². The number of nitrogens with one attached hydrogen (secondary N) is 1. The maximum absolute atomic E-state index is 10.8. The Labute approximate surface area is 137 Å². The van der Waals surface area contributed by atoms with E-state index in [1.54, 1.807) is 0 Å². The fourth-order valence-corrected chi connectivity index (χ4v) is 3.11. The number of rotatable bonds is 5. The van der Waals surface area contributed by atoms with Crippen molar-refractivity contribution in [2.24, 2.45) is 0 Å². The minimum absolute atomic E-state index is 0.189. The van der Waals surface area contributed by atoms with E-state index in [1.165, 1.54) is 5.56 Å². The van der Waals surface area contributed by atoms with Crippen molar-refractivity contribution in [3.05, 3.63) is 58.6 Å². The van der Waals surface area contributed by atoms with Crippen LogP contribution >= 0.6 is 15.9 Å². The first kappa shape index (κ1) is 14.9. The summed E-state index contributed by atoms with van der Waals surface area (Å²) in [5, 5.41) is 10.0. The normalized spacial score (nSPS) is 11.0. The molecule has 0 aliphatic carbocycles. The quantitative estimate of drug-likeness (QED) is 0.674. The van der Waals surface area contributed by atoms with Crippen LogP contribution in [0.15, 0.2) is 53.0 Å². The monoisotopic (exact) mass is 357 g/mol. The van der Waals surface area contributed by atoms with Gasteiger partial charge in [0.1, 0.15) is 0 Å². The Hall–Kier alpha value is -2.07. The summed E-state index contributed by atoms with van der Waals surface area (Å²) >= 11 is 3.52. The van der Waals surface area contributed by atoms with Crippen LogP contribution in [-0.2, 0) is 11.2 Å². The van der Waals surface area contributed by atoms with Gasteiger partial charge < -0.3 is 10.1 Å². The number of carboxylic acid groups (broad SMARTS) is 1. The smallest absolute Gasteiger partial charge is 0.303 e. The molecule has 2 N–H and O–H groups in total. The molecular formula is C18H16BrNO2. The lowest BCUT2D eigenvalue weighted by Gasteiger charge is -2.05. The fourth-order valence-electron chi connectivity index (χ4n) is 2.75. The van der Waals surface area contributed by atoms with Gasteiger partial charge in [0.2, 0.25) is 0 Å². The molecule has 0 radical (unpaired) electrons. The molecule has 112 valence electrons. The van der Waals surface area contributed by atoms with Crippen LogP contribution in [0.2, 0.25) is 0 Å². The summed E-state index contributed by atoms with van der Waals surface area (Å²) in [6.45, 7) is 0. The van der Waals surface area contributed by atoms with Crippen LogP contribution < -0.4 is 0 Å². The van der Waals surface area contributed by atoms with Gasteiger partial charge in [-0.25, -0.2) is 0 Å². The number of hydrogen-bond acceptors (Lipinski definition) is 1. The third kappa shape index (κ3) is 3.07. The molecule has 0 spiro atoms. The summed E-state index contributed by atoms with van der Waals surface area (Å²) in [5.41, 5.74) is 4.47. The predicted molar refractivity (Wildman–Crippen MR) is 92.0 cm³/mol. The number of aromatic amines is 1. The van der Waals surface area contributed by atoms with Crippen molar-refractivity contribution in [2.75, 3.05) is 0 Å². The average Bonchev–Trinajstić information content (AvgIpc) is 2.86. The van der Waals surface area contributed by atoms with Crippen LogP contribution in [-0.4, -0.2) is 16.1 Å². The minimum Gasteiger partial charge on any atom is -0.481 e. The van der Waals surface area contributed by atoms with Crippen molar-refractivity contribution in [3.8, 4) is 11.3 Å². The van der Waals surface area contributed by atoms with E-state index >= 15 is 0 Å². The predicted octanol–water partition coefficient (Wildman–Crippen LogP) is 5.00. The molecular weight excluding hydrogens is 342 g/mol. The highest BCUT2D eigenvalue weighted by Gasteiger charge is 2.13. The van der Waals surface area contributed by atoms with Crippen LogP contribution in [0.4, 0.5) is 0 Å². The molecule has 1 aromatic heterocycles. The number of aliphatic carboxylic acids is 1. The number of hydrogen-bond donors (Lipinski definition) is 2. The largest absolute Gasteiger partial charge is 0.481 e. The van der Waals surface area contributed by atoms with Gasteiger partial charge in [0.15, 0.2) is 0 Å². The first-order valence-corrected chi connectivity index (χ1v) is 8.02. The second-order valence-corrected chi connectivity index (χ2v) is 6.20. The standard InChI is InChI=1S/C18H16BrNO2/c19-13-9-10-16-15(11-13)14(7-4-8-17(21)22)18(20-16)12-5-2-1-3-6-12/h1-3,5-6,9-11,20H,4,7-8H2,(H,21,22). The molecule has 2 aromatic carbocycles. The molecule has 0 saturated carbocycles. The molecule has 0 bridgehead atoms. The Bertz CT molecular complexity index is 809. The third-order valence-electron chi connectivity index (χ3n) is 3.75. The van der Waals surface area contributed by atoms with Gasteiger partial charge in [-0.2, -0.15) is 0 Å². The summed E-state index contributed by atoms with van der Waals surface area (Å²) in [4.78, 5) is 14.3. The molecule has 0 saturated heterocycles. The van der Waals surface area contributed by atoms with Crippen molar-refractivity contribution >= 4 is 32.8 Å². The van der Waals surface area contributed by atoms with Crippen molar-refractivity contribution in [3.63, 3.8) is 0 Å². The van der Waals surface area contributed by atoms with Crippen LogP contribution in [0.25, 0.3) is 22.2 Å². The van der Waals surface area contributed by atoms with E-state index in [-0.39, 0.29) is 6.42 Å². The zero-order chi connectivity index (χ0) is 15.5. The molecule has 3 nitrogen and oxygen atoms in total. The molecule has 0 unspecified atom stereocenters. The van der Waals surface area contributed by atoms with E-state index in [1.807, 2.05) is 30.3 Å². The Morgan fingerprint density at radius 2 is 1.91 bits per heavy atom. The molecule has 1 heterocycles. The van der Waals surface area contributed by atoms with E-state index in [0.717, 1.165) is 33.1 Å². The number of halogens is 1. The Balaban J connectivity index is 2.07. The molecule has 3 aromatic rings. The average molecular weight is 358 g/mol. The van der Waals surface area contributed by atoms with E-state index < -0.39 is 5.97 Å². The lowest BCUT2D eigenvalue weighted by molar-refractivity contribution is -0.137. The lowest BCUT2D eigenvalue weighted by Crippen LogP contribution is -1.96. The number of fused-ring (bicyclic) bond motifs is 1. The first-order valence-electron chi connectivity index (χ1n) is 7.22. The summed E-state index contributed by atoms with van der Waals surface area (Å²) in [6, 6.07) is 16.3. The second-order valence-electron chi connectivity index (χ2n) is 5.28. The molecule has 22 heavy (non-hydrogen) atoms. The maximum atomic E-state index is 10.8. The Kier molecular flexibility index (Phi) is 4.29. The lowest BCUT2D eigenvalue weighted by atomic mass is 10.0. The highest BCUT2D eigenvalue weighted by molar-refractivity contribution is 9.10. The van der Waals surface area contributed by atoms with Gasteiger partial charge in [-0.1, -0.05) is 46.3 Å². The van der Waals surface area contributed by atoms with Gasteiger partial charge in [0.25, 0.3) is 0 Å². The van der Waals surface area contributed by atoms with Crippen molar-refractivity contribution in [1.82, 2.24) is 4.98 Å². The highest BCUT2D eigenvalue weighted by Crippen LogP contribution is 2.33. The first-order chi connectivity index (χ1) is 10.6. The van der Waals surface area contributed by atoms with Gasteiger partial charge in [0, 0.05) is 27.5 Å².